The number of hydrogen-bond donors (Lipinski definition) is 1. The fourth-order valence-corrected chi connectivity index (χ4v) is 6.44. The van der Waals surface area contributed by atoms with Crippen LogP contribution in [0.1, 0.15) is 32.1 Å². The van der Waals surface area contributed by atoms with E-state index in [1.807, 2.05) is 12.3 Å². The van der Waals surface area contributed by atoms with Gasteiger partial charge in [0.1, 0.15) is 17.8 Å². The zero-order valence-corrected chi connectivity index (χ0v) is 15.6. The molecule has 1 saturated carbocycles. The van der Waals surface area contributed by atoms with E-state index >= 15 is 0 Å². The number of piperidine rings is 1. The quantitative estimate of drug-likeness (QED) is 0.874. The summed E-state index contributed by atoms with van der Waals surface area (Å²) in [7, 11) is -3.37. The highest BCUT2D eigenvalue weighted by Gasteiger charge is 2.57. The lowest BCUT2D eigenvalue weighted by molar-refractivity contribution is 0.235. The fraction of sp³-hybridized carbons (Fsp3) is 0.647. The van der Waals surface area contributed by atoms with Gasteiger partial charge in [-0.25, -0.2) is 9.97 Å². The summed E-state index contributed by atoms with van der Waals surface area (Å²) in [5.41, 5.74) is 0.561. The summed E-state index contributed by atoms with van der Waals surface area (Å²) in [6.07, 6.45) is 8.37. The van der Waals surface area contributed by atoms with E-state index in [4.69, 9.17) is 0 Å². The third kappa shape index (κ3) is 2.52. The van der Waals surface area contributed by atoms with Gasteiger partial charge < -0.3 is 9.88 Å². The number of aromatic nitrogens is 3. The smallest absolute Gasteiger partial charge is 0.282 e. The van der Waals surface area contributed by atoms with Gasteiger partial charge in [0.25, 0.3) is 10.2 Å². The van der Waals surface area contributed by atoms with Crippen LogP contribution in [0.15, 0.2) is 18.6 Å². The second kappa shape index (κ2) is 5.90. The Morgan fingerprint density at radius 2 is 1.85 bits per heavy atom. The Morgan fingerprint density at radius 3 is 2.62 bits per heavy atom. The molecule has 0 amide bonds. The van der Waals surface area contributed by atoms with Gasteiger partial charge in [0.05, 0.1) is 10.9 Å². The van der Waals surface area contributed by atoms with Gasteiger partial charge in [-0.3, -0.25) is 0 Å². The lowest BCUT2D eigenvalue weighted by atomic mass is 10.2. The van der Waals surface area contributed by atoms with E-state index in [2.05, 4.69) is 19.9 Å². The van der Waals surface area contributed by atoms with Crippen molar-refractivity contribution in [2.24, 2.45) is 0 Å². The van der Waals surface area contributed by atoms with Crippen LogP contribution in [0.5, 0.6) is 0 Å². The molecule has 5 rings (SSSR count). The van der Waals surface area contributed by atoms with Crippen molar-refractivity contribution in [2.75, 3.05) is 37.6 Å². The number of hydrogen-bond acceptors (Lipinski definition) is 5. The predicted molar refractivity (Wildman–Crippen MR) is 99.1 cm³/mol. The molecular formula is C17H24N6O2S. The Labute approximate surface area is 153 Å². The van der Waals surface area contributed by atoms with E-state index in [0.717, 1.165) is 49.0 Å². The minimum Gasteiger partial charge on any atom is -0.353 e. The molecule has 9 heteroatoms. The van der Waals surface area contributed by atoms with Crippen molar-refractivity contribution >= 4 is 27.1 Å². The SMILES string of the molecule is O=S(=O)(N1CCCCC1)N1CCN(c2ncnc3[nH]ccc23)CC12CC2. The van der Waals surface area contributed by atoms with Crippen LogP contribution in [0.25, 0.3) is 11.0 Å². The van der Waals surface area contributed by atoms with Gasteiger partial charge in [-0.05, 0) is 31.7 Å². The van der Waals surface area contributed by atoms with Crippen LogP contribution in [0.3, 0.4) is 0 Å². The zero-order valence-electron chi connectivity index (χ0n) is 14.8. The Morgan fingerprint density at radius 1 is 1.04 bits per heavy atom. The van der Waals surface area contributed by atoms with Gasteiger partial charge in [-0.15, -0.1) is 0 Å². The molecule has 0 radical (unpaired) electrons. The van der Waals surface area contributed by atoms with E-state index in [-0.39, 0.29) is 5.54 Å². The lowest BCUT2D eigenvalue weighted by Gasteiger charge is -2.44. The van der Waals surface area contributed by atoms with Gasteiger partial charge in [0, 0.05) is 38.9 Å². The van der Waals surface area contributed by atoms with E-state index in [1.165, 1.54) is 0 Å². The summed E-state index contributed by atoms with van der Waals surface area (Å²) in [5, 5.41) is 0.996. The van der Waals surface area contributed by atoms with Crippen molar-refractivity contribution in [3.05, 3.63) is 18.6 Å². The number of anilines is 1. The normalized spacial score (nSPS) is 24.4. The third-order valence-corrected chi connectivity index (χ3v) is 8.11. The largest absolute Gasteiger partial charge is 0.353 e. The minimum atomic E-state index is -3.37. The number of nitrogens with zero attached hydrogens (tertiary/aromatic N) is 5. The average molecular weight is 376 g/mol. The molecule has 0 aromatic carbocycles. The second-order valence-electron chi connectivity index (χ2n) is 7.62. The van der Waals surface area contributed by atoms with E-state index in [0.29, 0.717) is 32.7 Å². The van der Waals surface area contributed by atoms with Crippen molar-refractivity contribution in [3.63, 3.8) is 0 Å². The van der Waals surface area contributed by atoms with Gasteiger partial charge in [-0.2, -0.15) is 17.0 Å². The molecule has 1 spiro atoms. The Balaban J connectivity index is 1.42. The Bertz CT molecular complexity index is 916. The topological polar surface area (TPSA) is 85.4 Å². The first-order chi connectivity index (χ1) is 12.6. The lowest BCUT2D eigenvalue weighted by Crippen LogP contribution is -2.60. The summed E-state index contributed by atoms with van der Waals surface area (Å²) >= 11 is 0. The van der Waals surface area contributed by atoms with Gasteiger partial charge in [0.2, 0.25) is 0 Å². The number of fused-ring (bicyclic) bond motifs is 1. The maximum atomic E-state index is 13.2. The predicted octanol–water partition coefficient (Wildman–Crippen LogP) is 1.34. The van der Waals surface area contributed by atoms with E-state index in [9.17, 15) is 8.42 Å². The first kappa shape index (κ1) is 16.5. The highest BCUT2D eigenvalue weighted by atomic mass is 32.2. The molecule has 2 saturated heterocycles. The Kier molecular flexibility index (Phi) is 3.74. The molecule has 4 heterocycles. The maximum absolute atomic E-state index is 13.2. The highest BCUT2D eigenvalue weighted by Crippen LogP contribution is 2.47. The summed E-state index contributed by atoms with van der Waals surface area (Å²) in [6.45, 7) is 3.21. The van der Waals surface area contributed by atoms with Crippen LogP contribution in [-0.4, -0.2) is 70.2 Å². The summed E-state index contributed by atoms with van der Waals surface area (Å²) in [4.78, 5) is 14.1. The molecule has 3 fully saturated rings. The highest BCUT2D eigenvalue weighted by molar-refractivity contribution is 7.86. The number of H-pyrrole nitrogens is 1. The van der Waals surface area contributed by atoms with E-state index in [1.54, 1.807) is 14.9 Å². The van der Waals surface area contributed by atoms with Crippen LogP contribution in [-0.2, 0) is 10.2 Å². The standard InChI is InChI=1S/C17H24N6O2S/c24-26(25,22-8-2-1-3-9-22)23-11-10-21(12-17(23)5-6-17)16-14-4-7-18-15(14)19-13-20-16/h4,7,13H,1-3,5-6,8-12H2,(H,18,19,20). The minimum absolute atomic E-state index is 0.262. The van der Waals surface area contributed by atoms with Crippen molar-refractivity contribution in [1.29, 1.82) is 0 Å². The van der Waals surface area contributed by atoms with Crippen LogP contribution in [0, 0.1) is 0 Å². The number of rotatable bonds is 3. The van der Waals surface area contributed by atoms with Gasteiger partial charge in [0.15, 0.2) is 0 Å². The number of piperazine rings is 1. The van der Waals surface area contributed by atoms with Crippen molar-refractivity contribution in [2.45, 2.75) is 37.6 Å². The van der Waals surface area contributed by atoms with Gasteiger partial charge >= 0.3 is 0 Å². The molecular weight excluding hydrogens is 352 g/mol. The summed E-state index contributed by atoms with van der Waals surface area (Å²) < 4.78 is 29.9. The van der Waals surface area contributed by atoms with Crippen LogP contribution in [0.2, 0.25) is 0 Å². The summed E-state index contributed by atoms with van der Waals surface area (Å²) in [5.74, 6) is 0.901. The summed E-state index contributed by atoms with van der Waals surface area (Å²) in [6, 6.07) is 1.99. The molecule has 3 aliphatic rings. The molecule has 2 aromatic heterocycles. The average Bonchev–Trinajstić information content (AvgIpc) is 3.24. The molecule has 8 nitrogen and oxygen atoms in total. The molecule has 0 unspecified atom stereocenters. The Hall–Kier alpha value is -1.71. The molecule has 140 valence electrons. The van der Waals surface area contributed by atoms with Gasteiger partial charge in [-0.1, -0.05) is 6.42 Å². The molecule has 0 bridgehead atoms. The molecule has 0 atom stereocenters. The maximum Gasteiger partial charge on any atom is 0.282 e. The van der Waals surface area contributed by atoms with E-state index < -0.39 is 10.2 Å². The molecule has 26 heavy (non-hydrogen) atoms. The van der Waals surface area contributed by atoms with Crippen LogP contribution >= 0.6 is 0 Å². The number of aromatic amines is 1. The zero-order chi connectivity index (χ0) is 17.8. The van der Waals surface area contributed by atoms with Crippen LogP contribution < -0.4 is 4.90 Å². The van der Waals surface area contributed by atoms with Crippen molar-refractivity contribution in [1.82, 2.24) is 23.6 Å². The first-order valence-electron chi connectivity index (χ1n) is 9.41. The van der Waals surface area contributed by atoms with Crippen molar-refractivity contribution < 1.29 is 8.42 Å². The second-order valence-corrected chi connectivity index (χ2v) is 9.48. The van der Waals surface area contributed by atoms with Crippen molar-refractivity contribution in [3.8, 4) is 0 Å². The molecule has 1 aliphatic carbocycles. The molecule has 1 N–H and O–H groups in total. The first-order valence-corrected chi connectivity index (χ1v) is 10.8. The molecule has 2 aliphatic heterocycles. The fourth-order valence-electron chi connectivity index (χ4n) is 4.40. The third-order valence-electron chi connectivity index (χ3n) is 5.97. The molecule has 2 aromatic rings. The van der Waals surface area contributed by atoms with Crippen LogP contribution in [0.4, 0.5) is 5.82 Å². The number of nitrogens with one attached hydrogen (secondary N) is 1. The monoisotopic (exact) mass is 376 g/mol.